The molecule has 1 aliphatic rings. The number of likely N-dealkylation sites (N-methyl/N-ethyl adjacent to an activating group) is 1. The maximum atomic E-state index is 11.6. The molecule has 1 amide bonds. The van der Waals surface area contributed by atoms with Gasteiger partial charge >= 0.3 is 0 Å². The van der Waals surface area contributed by atoms with E-state index in [0.29, 0.717) is 12.6 Å². The van der Waals surface area contributed by atoms with Gasteiger partial charge in [-0.25, -0.2) is 0 Å². The van der Waals surface area contributed by atoms with Gasteiger partial charge in [0.2, 0.25) is 5.91 Å². The fourth-order valence-corrected chi connectivity index (χ4v) is 2.05. The number of hydrogen-bond acceptors (Lipinski definition) is 3. The van der Waals surface area contributed by atoms with Crippen LogP contribution in [-0.4, -0.2) is 49.6 Å². The summed E-state index contributed by atoms with van der Waals surface area (Å²) in [6.07, 6.45) is 3.51. The van der Waals surface area contributed by atoms with E-state index < -0.39 is 0 Å². The van der Waals surface area contributed by atoms with Gasteiger partial charge in [0.15, 0.2) is 0 Å². The Morgan fingerprint density at radius 1 is 1.50 bits per heavy atom. The number of rotatable bonds is 7. The minimum Gasteiger partial charge on any atom is -0.355 e. The van der Waals surface area contributed by atoms with Gasteiger partial charge in [-0.1, -0.05) is 13.8 Å². The third-order valence-corrected chi connectivity index (χ3v) is 3.03. The number of nitrogens with one attached hydrogen (secondary N) is 2. The molecule has 0 radical (unpaired) electrons. The predicted octanol–water partition coefficient (Wildman–Crippen LogP) is 0.587. The van der Waals surface area contributed by atoms with E-state index in [1.54, 1.807) is 0 Å². The van der Waals surface area contributed by atoms with Gasteiger partial charge in [-0.2, -0.15) is 0 Å². The van der Waals surface area contributed by atoms with Crippen LogP contribution in [0.4, 0.5) is 0 Å². The SMILES string of the molecule is CCCNC(=O)CN(CC)CC1CCCN1. The fourth-order valence-electron chi connectivity index (χ4n) is 2.05. The van der Waals surface area contributed by atoms with E-state index in [9.17, 15) is 4.79 Å². The highest BCUT2D eigenvalue weighted by molar-refractivity contribution is 5.77. The average Bonchev–Trinajstić information content (AvgIpc) is 2.78. The highest BCUT2D eigenvalue weighted by atomic mass is 16.2. The molecule has 4 nitrogen and oxygen atoms in total. The fraction of sp³-hybridized carbons (Fsp3) is 0.917. The summed E-state index contributed by atoms with van der Waals surface area (Å²) in [4.78, 5) is 13.8. The highest BCUT2D eigenvalue weighted by Crippen LogP contribution is 2.06. The van der Waals surface area contributed by atoms with Crippen LogP contribution in [0.3, 0.4) is 0 Å². The number of carbonyl (C=O) groups excluding carboxylic acids is 1. The summed E-state index contributed by atoms with van der Waals surface area (Å²) in [6.45, 7) is 8.58. The molecule has 2 N–H and O–H groups in total. The van der Waals surface area contributed by atoms with Gasteiger partial charge < -0.3 is 10.6 Å². The molecule has 16 heavy (non-hydrogen) atoms. The molecule has 1 atom stereocenters. The number of hydrogen-bond donors (Lipinski definition) is 2. The molecular weight excluding hydrogens is 202 g/mol. The molecule has 94 valence electrons. The van der Waals surface area contributed by atoms with Crippen LogP contribution in [0.15, 0.2) is 0 Å². The van der Waals surface area contributed by atoms with Crippen LogP contribution in [0.5, 0.6) is 0 Å². The van der Waals surface area contributed by atoms with Crippen molar-refractivity contribution in [2.45, 2.75) is 39.2 Å². The topological polar surface area (TPSA) is 44.4 Å². The quantitative estimate of drug-likeness (QED) is 0.669. The lowest BCUT2D eigenvalue weighted by atomic mass is 10.2. The second kappa shape index (κ2) is 7.63. The molecule has 1 saturated heterocycles. The molecule has 1 fully saturated rings. The van der Waals surface area contributed by atoms with Crippen molar-refractivity contribution in [3.05, 3.63) is 0 Å². The minimum absolute atomic E-state index is 0.154. The second-order valence-electron chi connectivity index (χ2n) is 4.47. The van der Waals surface area contributed by atoms with E-state index in [0.717, 1.165) is 32.6 Å². The van der Waals surface area contributed by atoms with Crippen molar-refractivity contribution in [2.75, 3.05) is 32.7 Å². The molecule has 0 aromatic heterocycles. The van der Waals surface area contributed by atoms with Crippen molar-refractivity contribution in [1.82, 2.24) is 15.5 Å². The molecule has 0 saturated carbocycles. The summed E-state index contributed by atoms with van der Waals surface area (Å²) >= 11 is 0. The molecular formula is C12H25N3O. The first-order valence-corrected chi connectivity index (χ1v) is 6.48. The lowest BCUT2D eigenvalue weighted by molar-refractivity contribution is -0.122. The first kappa shape index (κ1) is 13.5. The minimum atomic E-state index is 0.154. The third-order valence-electron chi connectivity index (χ3n) is 3.03. The van der Waals surface area contributed by atoms with E-state index >= 15 is 0 Å². The normalized spacial score (nSPS) is 20.3. The van der Waals surface area contributed by atoms with Crippen LogP contribution in [0.2, 0.25) is 0 Å². The zero-order valence-electron chi connectivity index (χ0n) is 10.6. The van der Waals surface area contributed by atoms with Crippen molar-refractivity contribution >= 4 is 5.91 Å². The van der Waals surface area contributed by atoms with Crippen molar-refractivity contribution in [3.63, 3.8) is 0 Å². The van der Waals surface area contributed by atoms with E-state index in [-0.39, 0.29) is 5.91 Å². The summed E-state index contributed by atoms with van der Waals surface area (Å²) in [7, 11) is 0. The number of carbonyl (C=O) groups is 1. The van der Waals surface area contributed by atoms with Crippen molar-refractivity contribution in [2.24, 2.45) is 0 Å². The van der Waals surface area contributed by atoms with Crippen molar-refractivity contribution in [3.8, 4) is 0 Å². The van der Waals surface area contributed by atoms with E-state index in [2.05, 4.69) is 29.4 Å². The Kier molecular flexibility index (Phi) is 6.42. The molecule has 1 aliphatic heterocycles. The van der Waals surface area contributed by atoms with E-state index in [1.807, 2.05) is 0 Å². The van der Waals surface area contributed by atoms with Crippen LogP contribution in [0.1, 0.15) is 33.1 Å². The van der Waals surface area contributed by atoms with Gasteiger partial charge in [-0.15, -0.1) is 0 Å². The van der Waals surface area contributed by atoms with E-state index in [1.165, 1.54) is 12.8 Å². The molecule has 0 aliphatic carbocycles. The van der Waals surface area contributed by atoms with Gasteiger partial charge in [0.25, 0.3) is 0 Å². The predicted molar refractivity (Wildman–Crippen MR) is 66.4 cm³/mol. The van der Waals surface area contributed by atoms with E-state index in [4.69, 9.17) is 0 Å². The summed E-state index contributed by atoms with van der Waals surface area (Å²) in [5, 5.41) is 6.39. The molecule has 0 spiro atoms. The molecule has 1 rings (SSSR count). The Labute approximate surface area is 98.8 Å². The maximum absolute atomic E-state index is 11.6. The van der Waals surface area contributed by atoms with Crippen LogP contribution < -0.4 is 10.6 Å². The maximum Gasteiger partial charge on any atom is 0.234 e. The Hall–Kier alpha value is -0.610. The first-order chi connectivity index (χ1) is 7.76. The Morgan fingerprint density at radius 3 is 2.88 bits per heavy atom. The second-order valence-corrected chi connectivity index (χ2v) is 4.47. The van der Waals surface area contributed by atoms with Gasteiger partial charge in [0.05, 0.1) is 6.54 Å². The Bertz CT molecular complexity index is 202. The third kappa shape index (κ3) is 4.94. The smallest absolute Gasteiger partial charge is 0.234 e. The zero-order chi connectivity index (χ0) is 11.8. The summed E-state index contributed by atoms with van der Waals surface area (Å²) in [6, 6.07) is 0.582. The molecule has 1 unspecified atom stereocenters. The molecule has 4 heteroatoms. The van der Waals surface area contributed by atoms with Crippen LogP contribution in [0.25, 0.3) is 0 Å². The highest BCUT2D eigenvalue weighted by Gasteiger charge is 2.18. The Balaban J connectivity index is 2.21. The largest absolute Gasteiger partial charge is 0.355 e. The number of amides is 1. The summed E-state index contributed by atoms with van der Waals surface area (Å²) in [5.74, 6) is 0.154. The molecule has 0 aromatic rings. The van der Waals surface area contributed by atoms with Gasteiger partial charge in [-0.3, -0.25) is 9.69 Å². The van der Waals surface area contributed by atoms with Gasteiger partial charge in [0, 0.05) is 19.1 Å². The number of nitrogens with zero attached hydrogens (tertiary/aromatic N) is 1. The van der Waals surface area contributed by atoms with Crippen LogP contribution in [-0.2, 0) is 4.79 Å². The summed E-state index contributed by atoms with van der Waals surface area (Å²) < 4.78 is 0. The van der Waals surface area contributed by atoms with Crippen molar-refractivity contribution in [1.29, 1.82) is 0 Å². The lowest BCUT2D eigenvalue weighted by Crippen LogP contribution is -2.43. The molecule has 0 aromatic carbocycles. The average molecular weight is 227 g/mol. The first-order valence-electron chi connectivity index (χ1n) is 6.48. The Morgan fingerprint density at radius 2 is 2.31 bits per heavy atom. The van der Waals surface area contributed by atoms with Crippen LogP contribution in [0, 0.1) is 0 Å². The van der Waals surface area contributed by atoms with Crippen molar-refractivity contribution < 1.29 is 4.79 Å². The summed E-state index contributed by atoms with van der Waals surface area (Å²) in [5.41, 5.74) is 0. The zero-order valence-corrected chi connectivity index (χ0v) is 10.6. The molecule has 1 heterocycles. The van der Waals surface area contributed by atoms with Gasteiger partial charge in [0.1, 0.15) is 0 Å². The van der Waals surface area contributed by atoms with Gasteiger partial charge in [-0.05, 0) is 32.4 Å². The monoisotopic (exact) mass is 227 g/mol. The lowest BCUT2D eigenvalue weighted by Gasteiger charge is -2.23. The molecule has 0 bridgehead atoms. The van der Waals surface area contributed by atoms with Crippen LogP contribution >= 0.6 is 0 Å². The standard InChI is InChI=1S/C12H25N3O/c1-3-7-14-12(16)10-15(4-2)9-11-6-5-8-13-11/h11,13H,3-10H2,1-2H3,(H,14,16).